The predicted molar refractivity (Wildman–Crippen MR) is 48.2 cm³/mol. The van der Waals surface area contributed by atoms with Crippen LogP contribution in [-0.2, 0) is 4.79 Å². The van der Waals surface area contributed by atoms with E-state index >= 15 is 0 Å². The van der Waals surface area contributed by atoms with E-state index in [-0.39, 0.29) is 12.9 Å². The Morgan fingerprint density at radius 3 is 2.00 bits per heavy atom. The molecule has 0 radical (unpaired) electrons. The minimum atomic E-state index is -2.94. The minimum absolute atomic E-state index is 0.206. The van der Waals surface area contributed by atoms with Crippen LogP contribution < -0.4 is 0 Å². The molecule has 0 heterocycles. The first kappa shape index (κ1) is 15.8. The van der Waals surface area contributed by atoms with Crippen LogP contribution in [0.1, 0.15) is 32.6 Å². The standard InChI is InChI=1S/C7H16O4.CH2O2/c1-2-3-4-5-6(8)7(9,10)11;2-1-3/h6,8-11H,2-5H2,1H3;1H,(H,2,3). The Labute approximate surface area is 82.4 Å². The summed E-state index contributed by atoms with van der Waals surface area (Å²) >= 11 is 0. The first-order valence-corrected chi connectivity index (χ1v) is 4.33. The number of hydrogen-bond donors (Lipinski definition) is 5. The number of aliphatic hydroxyl groups excluding tert-OH is 1. The molecule has 0 aliphatic heterocycles. The molecular formula is C8H18O6. The molecule has 1 unspecified atom stereocenters. The van der Waals surface area contributed by atoms with Gasteiger partial charge in [-0.2, -0.15) is 0 Å². The van der Waals surface area contributed by atoms with E-state index in [1.54, 1.807) is 0 Å². The molecule has 0 aromatic heterocycles. The van der Waals surface area contributed by atoms with Gasteiger partial charge in [-0.15, -0.1) is 0 Å². The molecule has 0 bridgehead atoms. The van der Waals surface area contributed by atoms with Crippen LogP contribution in [0.3, 0.4) is 0 Å². The molecule has 0 amide bonds. The number of carboxylic acid groups (broad SMARTS) is 1. The van der Waals surface area contributed by atoms with Crippen LogP contribution in [-0.4, -0.2) is 44.1 Å². The van der Waals surface area contributed by atoms with Crippen molar-refractivity contribution in [3.8, 4) is 0 Å². The Hall–Kier alpha value is -0.690. The Morgan fingerprint density at radius 2 is 1.71 bits per heavy atom. The maximum absolute atomic E-state index is 8.86. The highest BCUT2D eigenvalue weighted by atomic mass is 16.7. The molecular weight excluding hydrogens is 192 g/mol. The lowest BCUT2D eigenvalue weighted by atomic mass is 10.1. The molecule has 0 spiro atoms. The molecule has 1 atom stereocenters. The zero-order valence-corrected chi connectivity index (χ0v) is 8.13. The van der Waals surface area contributed by atoms with Crippen molar-refractivity contribution in [2.24, 2.45) is 0 Å². The third kappa shape index (κ3) is 11.3. The number of rotatable bonds is 5. The van der Waals surface area contributed by atoms with Gasteiger partial charge in [0.05, 0.1) is 0 Å². The molecule has 0 aromatic carbocycles. The summed E-state index contributed by atoms with van der Waals surface area (Å²) in [6.07, 6.45) is 1.32. The lowest BCUT2D eigenvalue weighted by Gasteiger charge is -2.20. The summed E-state index contributed by atoms with van der Waals surface area (Å²) in [5.74, 6) is -2.94. The molecule has 0 fully saturated rings. The highest BCUT2D eigenvalue weighted by molar-refractivity contribution is 5.32. The van der Waals surface area contributed by atoms with Gasteiger partial charge >= 0.3 is 5.97 Å². The van der Waals surface area contributed by atoms with Crippen LogP contribution in [0.2, 0.25) is 0 Å². The monoisotopic (exact) mass is 210 g/mol. The Kier molecular flexibility index (Phi) is 10.0. The second kappa shape index (κ2) is 8.89. The number of unbranched alkanes of at least 4 members (excludes halogenated alkanes) is 2. The van der Waals surface area contributed by atoms with Gasteiger partial charge in [-0.1, -0.05) is 26.2 Å². The fourth-order valence-electron chi connectivity index (χ4n) is 0.781. The molecule has 6 nitrogen and oxygen atoms in total. The molecule has 0 aliphatic carbocycles. The van der Waals surface area contributed by atoms with Crippen LogP contribution >= 0.6 is 0 Å². The SMILES string of the molecule is CCCCCC(O)C(O)(O)O.O=CO. The van der Waals surface area contributed by atoms with Gasteiger partial charge in [0.2, 0.25) is 0 Å². The van der Waals surface area contributed by atoms with E-state index in [2.05, 4.69) is 0 Å². The van der Waals surface area contributed by atoms with Crippen molar-refractivity contribution in [3.05, 3.63) is 0 Å². The van der Waals surface area contributed by atoms with Gasteiger partial charge in [0.1, 0.15) is 6.10 Å². The Bertz CT molecular complexity index is 130. The van der Waals surface area contributed by atoms with Crippen molar-refractivity contribution >= 4 is 6.47 Å². The molecule has 0 aliphatic rings. The average molecular weight is 210 g/mol. The van der Waals surface area contributed by atoms with Crippen LogP contribution in [0.5, 0.6) is 0 Å². The van der Waals surface area contributed by atoms with E-state index in [4.69, 9.17) is 30.3 Å². The first-order chi connectivity index (χ1) is 6.40. The van der Waals surface area contributed by atoms with Gasteiger partial charge in [0.25, 0.3) is 6.47 Å². The van der Waals surface area contributed by atoms with E-state index in [0.29, 0.717) is 6.42 Å². The molecule has 0 saturated heterocycles. The number of carbonyl (C=O) groups is 1. The maximum atomic E-state index is 8.86. The third-order valence-electron chi connectivity index (χ3n) is 1.53. The summed E-state index contributed by atoms with van der Waals surface area (Å²) in [5, 5.41) is 41.1. The first-order valence-electron chi connectivity index (χ1n) is 4.33. The fourth-order valence-corrected chi connectivity index (χ4v) is 0.781. The van der Waals surface area contributed by atoms with Crippen LogP contribution in [0.4, 0.5) is 0 Å². The largest absolute Gasteiger partial charge is 0.483 e. The molecule has 14 heavy (non-hydrogen) atoms. The third-order valence-corrected chi connectivity index (χ3v) is 1.53. The summed E-state index contributed by atoms with van der Waals surface area (Å²) in [7, 11) is 0. The highest BCUT2D eigenvalue weighted by Crippen LogP contribution is 2.10. The molecule has 0 rings (SSSR count). The van der Waals surface area contributed by atoms with Crippen LogP contribution in [0.25, 0.3) is 0 Å². The van der Waals surface area contributed by atoms with E-state index < -0.39 is 12.1 Å². The zero-order valence-electron chi connectivity index (χ0n) is 8.13. The molecule has 0 aromatic rings. The minimum Gasteiger partial charge on any atom is -0.483 e. The van der Waals surface area contributed by atoms with Crippen molar-refractivity contribution < 1.29 is 30.3 Å². The fraction of sp³-hybridized carbons (Fsp3) is 0.875. The molecule has 5 N–H and O–H groups in total. The van der Waals surface area contributed by atoms with Crippen molar-refractivity contribution in [3.63, 3.8) is 0 Å². The van der Waals surface area contributed by atoms with Crippen molar-refractivity contribution in [1.29, 1.82) is 0 Å². The highest BCUT2D eigenvalue weighted by Gasteiger charge is 2.29. The van der Waals surface area contributed by atoms with E-state index in [1.165, 1.54) is 0 Å². The van der Waals surface area contributed by atoms with Gasteiger partial charge in [-0.3, -0.25) is 4.79 Å². The number of aliphatic hydroxyl groups is 4. The second-order valence-corrected chi connectivity index (χ2v) is 2.80. The van der Waals surface area contributed by atoms with Crippen molar-refractivity contribution in [2.45, 2.75) is 44.7 Å². The zero-order chi connectivity index (χ0) is 11.6. The summed E-state index contributed by atoms with van der Waals surface area (Å²) < 4.78 is 0. The molecule has 0 saturated carbocycles. The molecule has 6 heteroatoms. The summed E-state index contributed by atoms with van der Waals surface area (Å²) in [6.45, 7) is 1.75. The van der Waals surface area contributed by atoms with E-state index in [9.17, 15) is 0 Å². The van der Waals surface area contributed by atoms with Gasteiger partial charge in [0, 0.05) is 0 Å². The lowest BCUT2D eigenvalue weighted by Crippen LogP contribution is -2.41. The summed E-state index contributed by atoms with van der Waals surface area (Å²) in [5.41, 5.74) is 0. The van der Waals surface area contributed by atoms with Gasteiger partial charge in [-0.25, -0.2) is 0 Å². The Balaban J connectivity index is 0. The van der Waals surface area contributed by atoms with Gasteiger partial charge in [0.15, 0.2) is 0 Å². The van der Waals surface area contributed by atoms with E-state index in [1.807, 2.05) is 6.92 Å². The summed E-state index contributed by atoms with van der Waals surface area (Å²) in [4.78, 5) is 8.36. The Morgan fingerprint density at radius 1 is 1.29 bits per heavy atom. The maximum Gasteiger partial charge on any atom is 0.302 e. The number of hydrogen-bond acceptors (Lipinski definition) is 5. The summed E-state index contributed by atoms with van der Waals surface area (Å²) in [6, 6.07) is 0. The van der Waals surface area contributed by atoms with Crippen molar-refractivity contribution in [1.82, 2.24) is 0 Å². The topological polar surface area (TPSA) is 118 Å². The molecule has 86 valence electrons. The van der Waals surface area contributed by atoms with E-state index in [0.717, 1.165) is 12.8 Å². The predicted octanol–water partition coefficient (Wildman–Crippen LogP) is -0.741. The lowest BCUT2D eigenvalue weighted by molar-refractivity contribution is -0.355. The van der Waals surface area contributed by atoms with Gasteiger partial charge in [-0.05, 0) is 6.42 Å². The second-order valence-electron chi connectivity index (χ2n) is 2.80. The van der Waals surface area contributed by atoms with Crippen LogP contribution in [0, 0.1) is 0 Å². The van der Waals surface area contributed by atoms with Crippen LogP contribution in [0.15, 0.2) is 0 Å². The smallest absolute Gasteiger partial charge is 0.302 e. The van der Waals surface area contributed by atoms with Gasteiger partial charge < -0.3 is 25.5 Å². The quantitative estimate of drug-likeness (QED) is 0.232. The average Bonchev–Trinajstić information content (AvgIpc) is 2.04. The normalized spacial score (nSPS) is 12.6. The van der Waals surface area contributed by atoms with Crippen molar-refractivity contribution in [2.75, 3.05) is 0 Å².